The van der Waals surface area contributed by atoms with Crippen LogP contribution in [0.5, 0.6) is 0 Å². The number of hydrogen-bond donors (Lipinski definition) is 1. The quantitative estimate of drug-likeness (QED) is 0.811. The molecule has 1 aliphatic heterocycles. The molecule has 0 radical (unpaired) electrons. The third kappa shape index (κ3) is 4.50. The minimum absolute atomic E-state index is 0.953. The van der Waals surface area contributed by atoms with E-state index in [2.05, 4.69) is 51.3 Å². The molecule has 0 bridgehead atoms. The maximum Gasteiger partial charge on any atom is 0.0377 e. The van der Waals surface area contributed by atoms with Gasteiger partial charge in [0.15, 0.2) is 0 Å². The number of rotatable bonds is 5. The molecule has 106 valence electrons. The molecule has 3 heteroatoms. The molecule has 1 aromatic rings. The topological polar surface area (TPSA) is 15.3 Å². The normalized spacial score (nSPS) is 16.4. The van der Waals surface area contributed by atoms with Crippen molar-refractivity contribution in [3.63, 3.8) is 0 Å². The van der Waals surface area contributed by atoms with Gasteiger partial charge in [-0.25, -0.2) is 0 Å². The van der Waals surface area contributed by atoms with Crippen LogP contribution in [0.25, 0.3) is 0 Å². The molecular weight excluding hydrogens is 300 g/mol. The van der Waals surface area contributed by atoms with Crippen LogP contribution < -0.4 is 10.2 Å². The Morgan fingerprint density at radius 3 is 2.53 bits per heavy atom. The van der Waals surface area contributed by atoms with Crippen molar-refractivity contribution >= 4 is 21.6 Å². The summed E-state index contributed by atoms with van der Waals surface area (Å²) in [6.45, 7) is 6.65. The highest BCUT2D eigenvalue weighted by molar-refractivity contribution is 9.10. The monoisotopic (exact) mass is 324 g/mol. The van der Waals surface area contributed by atoms with E-state index in [0.717, 1.165) is 13.1 Å². The zero-order chi connectivity index (χ0) is 13.5. The lowest BCUT2D eigenvalue weighted by atomic mass is 10.2. The number of nitrogens with one attached hydrogen (secondary N) is 1. The summed E-state index contributed by atoms with van der Waals surface area (Å²) in [5.74, 6) is 0. The molecule has 1 fully saturated rings. The van der Waals surface area contributed by atoms with Crippen LogP contribution in [0.3, 0.4) is 0 Å². The van der Waals surface area contributed by atoms with E-state index < -0.39 is 0 Å². The van der Waals surface area contributed by atoms with Crippen molar-refractivity contribution in [3.8, 4) is 0 Å². The van der Waals surface area contributed by atoms with Crippen molar-refractivity contribution < 1.29 is 0 Å². The fourth-order valence-corrected chi connectivity index (χ4v) is 3.11. The van der Waals surface area contributed by atoms with Gasteiger partial charge in [0.25, 0.3) is 0 Å². The van der Waals surface area contributed by atoms with Crippen molar-refractivity contribution in [1.82, 2.24) is 5.32 Å². The molecule has 0 atom stereocenters. The second-order valence-electron chi connectivity index (χ2n) is 5.35. The average molecular weight is 325 g/mol. The Kier molecular flexibility index (Phi) is 6.18. The molecule has 0 saturated carbocycles. The van der Waals surface area contributed by atoms with Gasteiger partial charge in [-0.3, -0.25) is 0 Å². The first kappa shape index (κ1) is 14.9. The summed E-state index contributed by atoms with van der Waals surface area (Å²) in [5, 5.41) is 3.46. The summed E-state index contributed by atoms with van der Waals surface area (Å²) in [4.78, 5) is 2.53. The second-order valence-corrected chi connectivity index (χ2v) is 6.21. The van der Waals surface area contributed by atoms with E-state index in [9.17, 15) is 0 Å². The maximum atomic E-state index is 3.72. The lowest BCUT2D eigenvalue weighted by Crippen LogP contribution is -2.24. The van der Waals surface area contributed by atoms with Gasteiger partial charge in [0.05, 0.1) is 0 Å². The summed E-state index contributed by atoms with van der Waals surface area (Å²) in [6, 6.07) is 6.82. The molecule has 0 aromatic heterocycles. The Hall–Kier alpha value is -0.540. The molecule has 1 aromatic carbocycles. The molecule has 0 amide bonds. The molecular formula is C16H25BrN2. The summed E-state index contributed by atoms with van der Waals surface area (Å²) in [5.41, 5.74) is 2.72. The number of benzene rings is 1. The summed E-state index contributed by atoms with van der Waals surface area (Å²) in [7, 11) is 0. The second kappa shape index (κ2) is 7.91. The highest BCUT2D eigenvalue weighted by Crippen LogP contribution is 2.26. The molecule has 0 unspecified atom stereocenters. The highest BCUT2D eigenvalue weighted by Gasteiger charge is 2.11. The van der Waals surface area contributed by atoms with E-state index in [-0.39, 0.29) is 0 Å². The van der Waals surface area contributed by atoms with Crippen LogP contribution in [0, 0.1) is 0 Å². The first-order valence-corrected chi connectivity index (χ1v) is 8.34. The Morgan fingerprint density at radius 1 is 1.16 bits per heavy atom. The molecule has 2 rings (SSSR count). The van der Waals surface area contributed by atoms with E-state index in [1.54, 1.807) is 0 Å². The molecule has 1 saturated heterocycles. The van der Waals surface area contributed by atoms with Gasteiger partial charge in [-0.1, -0.05) is 41.8 Å². The van der Waals surface area contributed by atoms with Crippen LogP contribution in [0.4, 0.5) is 5.69 Å². The molecule has 1 heterocycles. The van der Waals surface area contributed by atoms with Crippen LogP contribution in [-0.4, -0.2) is 19.6 Å². The van der Waals surface area contributed by atoms with Gasteiger partial charge in [-0.2, -0.15) is 0 Å². The van der Waals surface area contributed by atoms with Gasteiger partial charge >= 0.3 is 0 Å². The van der Waals surface area contributed by atoms with E-state index in [1.165, 1.54) is 60.9 Å². The van der Waals surface area contributed by atoms with E-state index >= 15 is 0 Å². The van der Waals surface area contributed by atoms with Gasteiger partial charge in [0, 0.05) is 29.8 Å². The van der Waals surface area contributed by atoms with Crippen LogP contribution in [0.1, 0.15) is 44.6 Å². The van der Waals surface area contributed by atoms with Crippen LogP contribution in [0.15, 0.2) is 22.7 Å². The van der Waals surface area contributed by atoms with Crippen LogP contribution in [-0.2, 0) is 6.54 Å². The van der Waals surface area contributed by atoms with E-state index in [0.29, 0.717) is 0 Å². The summed E-state index contributed by atoms with van der Waals surface area (Å²) >= 11 is 3.72. The smallest absolute Gasteiger partial charge is 0.0377 e. The average Bonchev–Trinajstić information content (AvgIpc) is 2.70. The molecule has 1 aliphatic rings. The minimum Gasteiger partial charge on any atom is -0.372 e. The fourth-order valence-electron chi connectivity index (χ4n) is 2.61. The largest absolute Gasteiger partial charge is 0.372 e. The SMILES string of the molecule is CCCNCc1ccc(N2CCCCCC2)cc1Br. The zero-order valence-electron chi connectivity index (χ0n) is 11.9. The van der Waals surface area contributed by atoms with Gasteiger partial charge in [0.1, 0.15) is 0 Å². The summed E-state index contributed by atoms with van der Waals surface area (Å²) in [6.07, 6.45) is 6.62. The fraction of sp³-hybridized carbons (Fsp3) is 0.625. The lowest BCUT2D eigenvalue weighted by Gasteiger charge is -2.23. The van der Waals surface area contributed by atoms with Crippen LogP contribution in [0.2, 0.25) is 0 Å². The highest BCUT2D eigenvalue weighted by atomic mass is 79.9. The minimum atomic E-state index is 0.953. The van der Waals surface area contributed by atoms with E-state index in [4.69, 9.17) is 0 Å². The van der Waals surface area contributed by atoms with Gasteiger partial charge in [0.2, 0.25) is 0 Å². The third-order valence-electron chi connectivity index (χ3n) is 3.75. The Bertz CT molecular complexity index is 384. The van der Waals surface area contributed by atoms with E-state index in [1.807, 2.05) is 0 Å². The number of nitrogens with zero attached hydrogens (tertiary/aromatic N) is 1. The van der Waals surface area contributed by atoms with Crippen molar-refractivity contribution in [1.29, 1.82) is 0 Å². The molecule has 1 N–H and O–H groups in total. The van der Waals surface area contributed by atoms with Crippen molar-refractivity contribution in [3.05, 3.63) is 28.2 Å². The molecule has 0 aliphatic carbocycles. The van der Waals surface area contributed by atoms with Gasteiger partial charge in [-0.15, -0.1) is 0 Å². The van der Waals surface area contributed by atoms with Gasteiger partial charge in [-0.05, 0) is 43.5 Å². The predicted molar refractivity (Wildman–Crippen MR) is 86.8 cm³/mol. The Labute approximate surface area is 125 Å². The molecule has 2 nitrogen and oxygen atoms in total. The number of hydrogen-bond acceptors (Lipinski definition) is 2. The van der Waals surface area contributed by atoms with Crippen molar-refractivity contribution in [2.24, 2.45) is 0 Å². The summed E-state index contributed by atoms with van der Waals surface area (Å²) < 4.78 is 1.23. The van der Waals surface area contributed by atoms with Crippen molar-refractivity contribution in [2.45, 2.75) is 45.6 Å². The van der Waals surface area contributed by atoms with Crippen molar-refractivity contribution in [2.75, 3.05) is 24.5 Å². The Balaban J connectivity index is 2.00. The Morgan fingerprint density at radius 2 is 1.89 bits per heavy atom. The first-order chi connectivity index (χ1) is 9.31. The standard InChI is InChI=1S/C16H25BrN2/c1-2-9-18-13-14-7-8-15(12-16(14)17)19-10-5-3-4-6-11-19/h7-8,12,18H,2-6,9-11,13H2,1H3. The maximum absolute atomic E-state index is 3.72. The molecule has 0 spiro atoms. The third-order valence-corrected chi connectivity index (χ3v) is 4.49. The number of halogens is 1. The predicted octanol–water partition coefficient (Wildman–Crippen LogP) is 4.33. The van der Waals surface area contributed by atoms with Gasteiger partial charge < -0.3 is 10.2 Å². The van der Waals surface area contributed by atoms with Crippen LogP contribution >= 0.6 is 15.9 Å². The number of anilines is 1. The zero-order valence-corrected chi connectivity index (χ0v) is 13.5. The first-order valence-electron chi connectivity index (χ1n) is 7.55. The molecule has 19 heavy (non-hydrogen) atoms. The lowest BCUT2D eigenvalue weighted by molar-refractivity contribution is 0.674.